The van der Waals surface area contributed by atoms with Gasteiger partial charge in [-0.1, -0.05) is 64.1 Å². The van der Waals surface area contributed by atoms with Gasteiger partial charge >= 0.3 is 0 Å². The molecule has 2 aromatic rings. The first-order chi connectivity index (χ1) is 12.3. The number of fused-ring (bicyclic) bond motifs is 6. The Morgan fingerprint density at radius 3 is 2.08 bits per heavy atom. The summed E-state index contributed by atoms with van der Waals surface area (Å²) in [6, 6.07) is 17.9. The first kappa shape index (κ1) is 16.0. The molecule has 3 heterocycles. The summed E-state index contributed by atoms with van der Waals surface area (Å²) < 4.78 is 0. The van der Waals surface area contributed by atoms with Gasteiger partial charge in [-0.05, 0) is 36.3 Å². The van der Waals surface area contributed by atoms with Crippen LogP contribution in [0.3, 0.4) is 0 Å². The molecule has 0 N–H and O–H groups in total. The van der Waals surface area contributed by atoms with E-state index in [9.17, 15) is 0 Å². The van der Waals surface area contributed by atoms with Crippen LogP contribution in [0, 0.1) is 0 Å². The van der Waals surface area contributed by atoms with Crippen LogP contribution in [0.25, 0.3) is 0 Å². The minimum Gasteiger partial charge on any atom is -0.360 e. The predicted molar refractivity (Wildman–Crippen MR) is 110 cm³/mol. The van der Waals surface area contributed by atoms with Crippen LogP contribution in [-0.2, 0) is 10.8 Å². The van der Waals surface area contributed by atoms with Crippen molar-refractivity contribution < 1.29 is 0 Å². The fraction of sp³-hybridized carbons (Fsp3) is 0.417. The van der Waals surface area contributed by atoms with Crippen LogP contribution in [0.1, 0.15) is 45.7 Å². The molecule has 0 aromatic heterocycles. The van der Waals surface area contributed by atoms with Gasteiger partial charge in [-0.3, -0.25) is 0 Å². The molecule has 5 rings (SSSR count). The molecule has 1 atom stereocenters. The Labute approximate surface area is 157 Å². The molecule has 0 unspecified atom stereocenters. The highest BCUT2D eigenvalue weighted by atomic mass is 15.3. The number of allylic oxidation sites excluding steroid dienone is 1. The molecule has 2 nitrogen and oxygen atoms in total. The van der Waals surface area contributed by atoms with E-state index in [4.69, 9.17) is 0 Å². The SMILES string of the molecule is CC1(C)C2=C[C@]3(C)N(CCN2c2ccccc21)c1ccccc1C3(C)C. The standard InChI is InChI=1S/C24H28N2/c1-22(2)17-10-6-8-12-19(17)25-14-15-26-20-13-9-7-11-18(20)23(3,4)24(26,5)16-21(22)25/h6-13,16H,14-15H2,1-5H3/t24-/m0/s1. The van der Waals surface area contributed by atoms with Crippen molar-refractivity contribution in [3.8, 4) is 0 Å². The van der Waals surface area contributed by atoms with Crippen LogP contribution in [0.15, 0.2) is 60.3 Å². The summed E-state index contributed by atoms with van der Waals surface area (Å²) in [6.07, 6.45) is 2.58. The topological polar surface area (TPSA) is 6.48 Å². The van der Waals surface area contributed by atoms with E-state index in [1.165, 1.54) is 28.2 Å². The lowest BCUT2D eigenvalue weighted by Gasteiger charge is -2.43. The quantitative estimate of drug-likeness (QED) is 0.645. The predicted octanol–water partition coefficient (Wildman–Crippen LogP) is 5.24. The molecular formula is C24H28N2. The second-order valence-corrected chi connectivity index (χ2v) is 9.26. The number of nitrogens with zero attached hydrogens (tertiary/aromatic N) is 2. The summed E-state index contributed by atoms with van der Waals surface area (Å²) in [4.78, 5) is 5.21. The monoisotopic (exact) mass is 344 g/mol. The zero-order chi connectivity index (χ0) is 18.3. The molecule has 0 spiro atoms. The molecule has 0 saturated carbocycles. The van der Waals surface area contributed by atoms with E-state index in [0.29, 0.717) is 0 Å². The van der Waals surface area contributed by atoms with Gasteiger partial charge in [-0.2, -0.15) is 0 Å². The summed E-state index contributed by atoms with van der Waals surface area (Å²) in [5.41, 5.74) is 7.27. The van der Waals surface area contributed by atoms with Crippen molar-refractivity contribution in [3.63, 3.8) is 0 Å². The highest BCUT2D eigenvalue weighted by Gasteiger charge is 2.55. The Bertz CT molecular complexity index is 937. The number of benzene rings is 2. The summed E-state index contributed by atoms with van der Waals surface area (Å²) >= 11 is 0. The summed E-state index contributed by atoms with van der Waals surface area (Å²) in [6.45, 7) is 14.1. The molecule has 134 valence electrons. The third kappa shape index (κ3) is 1.68. The first-order valence-electron chi connectivity index (χ1n) is 9.76. The maximum absolute atomic E-state index is 2.65. The zero-order valence-electron chi connectivity index (χ0n) is 16.5. The van der Waals surface area contributed by atoms with Crippen molar-refractivity contribution in [2.75, 3.05) is 22.9 Å². The Kier molecular flexibility index (Phi) is 2.91. The van der Waals surface area contributed by atoms with Gasteiger partial charge in [0.05, 0.1) is 5.54 Å². The molecule has 0 amide bonds. The van der Waals surface area contributed by atoms with Gasteiger partial charge in [-0.15, -0.1) is 0 Å². The van der Waals surface area contributed by atoms with Crippen LogP contribution in [0.2, 0.25) is 0 Å². The molecule has 0 radical (unpaired) electrons. The Balaban J connectivity index is 1.75. The van der Waals surface area contributed by atoms with E-state index in [1.807, 2.05) is 0 Å². The van der Waals surface area contributed by atoms with Crippen molar-refractivity contribution in [1.29, 1.82) is 0 Å². The maximum atomic E-state index is 2.65. The van der Waals surface area contributed by atoms with Gasteiger partial charge < -0.3 is 9.80 Å². The number of anilines is 2. The lowest BCUT2D eigenvalue weighted by atomic mass is 9.69. The van der Waals surface area contributed by atoms with Crippen LogP contribution in [0.4, 0.5) is 11.4 Å². The fourth-order valence-corrected chi connectivity index (χ4v) is 5.52. The minimum atomic E-state index is -0.0277. The Morgan fingerprint density at radius 1 is 0.731 bits per heavy atom. The normalized spacial score (nSPS) is 27.2. The largest absolute Gasteiger partial charge is 0.360 e. The Morgan fingerprint density at radius 2 is 1.35 bits per heavy atom. The summed E-state index contributed by atoms with van der Waals surface area (Å²) in [5.74, 6) is 0. The zero-order valence-corrected chi connectivity index (χ0v) is 16.5. The smallest absolute Gasteiger partial charge is 0.0669 e. The van der Waals surface area contributed by atoms with Crippen molar-refractivity contribution in [1.82, 2.24) is 0 Å². The molecule has 0 fully saturated rings. The van der Waals surface area contributed by atoms with Crippen molar-refractivity contribution >= 4 is 11.4 Å². The van der Waals surface area contributed by atoms with E-state index < -0.39 is 0 Å². The fourth-order valence-electron chi connectivity index (χ4n) is 5.52. The molecular weight excluding hydrogens is 316 g/mol. The van der Waals surface area contributed by atoms with Crippen molar-refractivity contribution in [3.05, 3.63) is 71.4 Å². The minimum absolute atomic E-state index is 0.0277. The van der Waals surface area contributed by atoms with Crippen molar-refractivity contribution in [2.24, 2.45) is 0 Å². The summed E-state index contributed by atoms with van der Waals surface area (Å²) in [5, 5.41) is 0. The second kappa shape index (κ2) is 4.73. The number of hydrogen-bond donors (Lipinski definition) is 0. The van der Waals surface area contributed by atoms with Gasteiger partial charge in [0.25, 0.3) is 0 Å². The maximum Gasteiger partial charge on any atom is 0.0669 e. The molecule has 0 saturated heterocycles. The van der Waals surface area contributed by atoms with Crippen LogP contribution < -0.4 is 9.80 Å². The molecule has 3 aliphatic rings. The van der Waals surface area contributed by atoms with Gasteiger partial charge in [0.2, 0.25) is 0 Å². The van der Waals surface area contributed by atoms with Crippen LogP contribution in [0.5, 0.6) is 0 Å². The number of para-hydroxylation sites is 2. The molecule has 3 aliphatic heterocycles. The van der Waals surface area contributed by atoms with Gasteiger partial charge in [0.15, 0.2) is 0 Å². The van der Waals surface area contributed by atoms with Crippen LogP contribution in [-0.4, -0.2) is 18.6 Å². The lowest BCUT2D eigenvalue weighted by molar-refractivity contribution is 0.352. The average Bonchev–Trinajstić information content (AvgIpc) is 2.83. The van der Waals surface area contributed by atoms with Gasteiger partial charge in [-0.25, -0.2) is 0 Å². The molecule has 2 heteroatoms. The summed E-state index contributed by atoms with van der Waals surface area (Å²) in [7, 11) is 0. The van der Waals surface area contributed by atoms with E-state index in [2.05, 4.69) is 99.0 Å². The van der Waals surface area contributed by atoms with Crippen LogP contribution >= 0.6 is 0 Å². The highest BCUT2D eigenvalue weighted by Crippen LogP contribution is 2.56. The molecule has 0 bridgehead atoms. The second-order valence-electron chi connectivity index (χ2n) is 9.26. The average molecular weight is 345 g/mol. The molecule has 26 heavy (non-hydrogen) atoms. The van der Waals surface area contributed by atoms with E-state index in [-0.39, 0.29) is 16.4 Å². The first-order valence-corrected chi connectivity index (χ1v) is 9.76. The highest BCUT2D eigenvalue weighted by molar-refractivity contribution is 5.75. The lowest BCUT2D eigenvalue weighted by Crippen LogP contribution is -2.52. The third-order valence-corrected chi connectivity index (χ3v) is 7.46. The van der Waals surface area contributed by atoms with Gasteiger partial charge in [0, 0.05) is 41.0 Å². The third-order valence-electron chi connectivity index (χ3n) is 7.46. The van der Waals surface area contributed by atoms with E-state index in [1.54, 1.807) is 0 Å². The van der Waals surface area contributed by atoms with E-state index in [0.717, 1.165) is 13.1 Å². The Hall–Kier alpha value is -2.22. The molecule has 2 aromatic carbocycles. The molecule has 0 aliphatic carbocycles. The number of rotatable bonds is 0. The van der Waals surface area contributed by atoms with Crippen molar-refractivity contribution in [2.45, 2.75) is 51.0 Å². The van der Waals surface area contributed by atoms with E-state index >= 15 is 0 Å². The van der Waals surface area contributed by atoms with Gasteiger partial charge in [0.1, 0.15) is 0 Å². The number of hydrogen-bond acceptors (Lipinski definition) is 2.